The van der Waals surface area contributed by atoms with Crippen molar-refractivity contribution in [3.8, 4) is 11.5 Å². The van der Waals surface area contributed by atoms with Crippen LogP contribution in [-0.2, 0) is 0 Å². The summed E-state index contributed by atoms with van der Waals surface area (Å²) in [6, 6.07) is 2.36. The van der Waals surface area contributed by atoms with Crippen molar-refractivity contribution in [2.45, 2.75) is 12.2 Å². The molecule has 0 saturated heterocycles. The van der Waals surface area contributed by atoms with Crippen molar-refractivity contribution in [1.29, 1.82) is 0 Å². The van der Waals surface area contributed by atoms with Gasteiger partial charge in [0.15, 0.2) is 11.5 Å². The van der Waals surface area contributed by atoms with Crippen LogP contribution in [0.5, 0.6) is 11.5 Å². The summed E-state index contributed by atoms with van der Waals surface area (Å²) in [6.45, 7) is -0.172. The first-order valence-corrected chi connectivity index (χ1v) is 5.02. The smallest absolute Gasteiger partial charge is 0.163 e. The Kier molecular flexibility index (Phi) is 4.68. The number of aliphatic hydroxyl groups is 2. The predicted octanol–water partition coefficient (Wildman–Crippen LogP) is 0.196. The van der Waals surface area contributed by atoms with Gasteiger partial charge in [0.2, 0.25) is 0 Å². The Bertz CT molecular complexity index is 386. The Morgan fingerprint density at radius 3 is 2.24 bits per heavy atom. The minimum Gasteiger partial charge on any atom is -0.493 e. The van der Waals surface area contributed by atoms with Crippen LogP contribution in [0.25, 0.3) is 0 Å². The average molecular weight is 245 g/mol. The molecule has 17 heavy (non-hydrogen) atoms. The zero-order valence-corrected chi connectivity index (χ0v) is 9.68. The van der Waals surface area contributed by atoms with Crippen LogP contribution in [0.4, 0.5) is 4.39 Å². The predicted molar refractivity (Wildman–Crippen MR) is 59.5 cm³/mol. The summed E-state index contributed by atoms with van der Waals surface area (Å²) >= 11 is 0. The molecule has 5 nitrogen and oxygen atoms in total. The second kappa shape index (κ2) is 5.81. The maximum atomic E-state index is 13.7. The quantitative estimate of drug-likeness (QED) is 0.690. The highest BCUT2D eigenvalue weighted by atomic mass is 19.1. The van der Waals surface area contributed by atoms with Gasteiger partial charge >= 0.3 is 0 Å². The van der Waals surface area contributed by atoms with Gasteiger partial charge in [-0.25, -0.2) is 4.39 Å². The van der Waals surface area contributed by atoms with Crippen molar-refractivity contribution in [3.05, 3.63) is 23.5 Å². The largest absolute Gasteiger partial charge is 0.493 e. The fraction of sp³-hybridized carbons (Fsp3) is 0.455. The molecule has 4 N–H and O–H groups in total. The Morgan fingerprint density at radius 1 is 1.24 bits per heavy atom. The molecule has 0 aromatic heterocycles. The van der Waals surface area contributed by atoms with E-state index < -0.39 is 18.0 Å². The molecular weight excluding hydrogens is 229 g/mol. The van der Waals surface area contributed by atoms with Gasteiger partial charge in [-0.1, -0.05) is 0 Å². The summed E-state index contributed by atoms with van der Waals surface area (Å²) < 4.78 is 23.5. The van der Waals surface area contributed by atoms with Crippen LogP contribution >= 0.6 is 0 Å². The normalized spacial score (nSPS) is 14.2. The fourth-order valence-corrected chi connectivity index (χ4v) is 1.43. The lowest BCUT2D eigenvalue weighted by Crippen LogP contribution is -2.27. The first-order chi connectivity index (χ1) is 8.04. The fourth-order valence-electron chi connectivity index (χ4n) is 1.43. The first kappa shape index (κ1) is 13.7. The van der Waals surface area contributed by atoms with Crippen molar-refractivity contribution in [1.82, 2.24) is 0 Å². The molecule has 0 bridgehead atoms. The minimum absolute atomic E-state index is 0.0828. The number of rotatable bonds is 5. The summed E-state index contributed by atoms with van der Waals surface area (Å²) in [5.41, 5.74) is 5.12. The molecule has 0 spiro atoms. The molecule has 0 aliphatic heterocycles. The molecule has 2 unspecified atom stereocenters. The molecule has 1 aromatic carbocycles. The number of ether oxygens (including phenoxy) is 2. The van der Waals surface area contributed by atoms with Crippen molar-refractivity contribution in [2.24, 2.45) is 5.73 Å². The maximum absolute atomic E-state index is 13.7. The zero-order chi connectivity index (χ0) is 13.0. The van der Waals surface area contributed by atoms with Gasteiger partial charge in [0.05, 0.1) is 20.3 Å². The van der Waals surface area contributed by atoms with E-state index in [0.29, 0.717) is 0 Å². The van der Waals surface area contributed by atoms with Crippen molar-refractivity contribution < 1.29 is 24.1 Å². The van der Waals surface area contributed by atoms with Crippen LogP contribution in [0.3, 0.4) is 0 Å². The second-order valence-electron chi connectivity index (χ2n) is 3.48. The number of halogens is 1. The molecule has 0 heterocycles. The highest BCUT2D eigenvalue weighted by Gasteiger charge is 2.22. The lowest BCUT2D eigenvalue weighted by molar-refractivity contribution is 0.0220. The minimum atomic E-state index is -1.40. The maximum Gasteiger partial charge on any atom is 0.163 e. The van der Waals surface area contributed by atoms with E-state index in [4.69, 9.17) is 15.2 Å². The summed E-state index contributed by atoms with van der Waals surface area (Å²) in [5.74, 6) is -0.210. The SMILES string of the molecule is COc1cc(F)c(C(O)C(O)CN)cc1OC. The standard InChI is InChI=1S/C11H16FNO4/c1-16-9-3-6(11(15)8(14)5-13)7(12)4-10(9)17-2/h3-4,8,11,14-15H,5,13H2,1-2H3. The Labute approximate surface area is 98.6 Å². The zero-order valence-electron chi connectivity index (χ0n) is 9.68. The van der Waals surface area contributed by atoms with Gasteiger partial charge in [0.25, 0.3) is 0 Å². The molecule has 1 rings (SSSR count). The van der Waals surface area contributed by atoms with E-state index >= 15 is 0 Å². The third-order valence-corrected chi connectivity index (χ3v) is 2.43. The molecule has 0 aliphatic rings. The molecule has 0 radical (unpaired) electrons. The molecule has 0 aliphatic carbocycles. The summed E-state index contributed by atoms with van der Waals surface area (Å²) in [5, 5.41) is 19.1. The average Bonchev–Trinajstić information content (AvgIpc) is 2.36. The lowest BCUT2D eigenvalue weighted by atomic mass is 10.0. The van der Waals surface area contributed by atoms with Crippen molar-refractivity contribution in [2.75, 3.05) is 20.8 Å². The van der Waals surface area contributed by atoms with Gasteiger partial charge in [-0.15, -0.1) is 0 Å². The molecular formula is C11H16FNO4. The van der Waals surface area contributed by atoms with Gasteiger partial charge < -0.3 is 25.4 Å². The molecule has 2 atom stereocenters. The molecule has 0 fully saturated rings. The third-order valence-electron chi connectivity index (χ3n) is 2.43. The van der Waals surface area contributed by atoms with Gasteiger partial charge in [-0.2, -0.15) is 0 Å². The van der Waals surface area contributed by atoms with E-state index in [1.165, 1.54) is 20.3 Å². The Balaban J connectivity index is 3.16. The van der Waals surface area contributed by atoms with Gasteiger partial charge in [-0.3, -0.25) is 0 Å². The molecule has 6 heteroatoms. The third kappa shape index (κ3) is 2.85. The van der Waals surface area contributed by atoms with E-state index in [0.717, 1.165) is 6.07 Å². The van der Waals surface area contributed by atoms with Crippen LogP contribution in [0.1, 0.15) is 11.7 Å². The first-order valence-electron chi connectivity index (χ1n) is 5.02. The second-order valence-corrected chi connectivity index (χ2v) is 3.48. The van der Waals surface area contributed by atoms with Crippen LogP contribution in [0.2, 0.25) is 0 Å². The van der Waals surface area contributed by atoms with E-state index in [1.807, 2.05) is 0 Å². The number of nitrogens with two attached hydrogens (primary N) is 1. The lowest BCUT2D eigenvalue weighted by Gasteiger charge is -2.18. The highest BCUT2D eigenvalue weighted by molar-refractivity contribution is 5.44. The summed E-state index contributed by atoms with van der Waals surface area (Å²) in [7, 11) is 2.77. The van der Waals surface area contributed by atoms with Gasteiger partial charge in [0, 0.05) is 18.2 Å². The Hall–Kier alpha value is -1.37. The monoisotopic (exact) mass is 245 g/mol. The van der Waals surface area contributed by atoms with Crippen LogP contribution in [-0.4, -0.2) is 37.1 Å². The molecule has 0 saturated carbocycles. The molecule has 96 valence electrons. The number of methoxy groups -OCH3 is 2. The number of hydrogen-bond acceptors (Lipinski definition) is 5. The number of benzene rings is 1. The van der Waals surface area contributed by atoms with Gasteiger partial charge in [0.1, 0.15) is 11.9 Å². The van der Waals surface area contributed by atoms with Crippen molar-refractivity contribution in [3.63, 3.8) is 0 Å². The van der Waals surface area contributed by atoms with E-state index in [9.17, 15) is 14.6 Å². The summed E-state index contributed by atoms with van der Waals surface area (Å²) in [6.07, 6.45) is -2.64. The van der Waals surface area contributed by atoms with Gasteiger partial charge in [-0.05, 0) is 6.07 Å². The van der Waals surface area contributed by atoms with Crippen LogP contribution < -0.4 is 15.2 Å². The van der Waals surface area contributed by atoms with Crippen LogP contribution in [0.15, 0.2) is 12.1 Å². The topological polar surface area (TPSA) is 84.9 Å². The molecule has 0 amide bonds. The number of aliphatic hydroxyl groups excluding tert-OH is 2. The van der Waals surface area contributed by atoms with Crippen molar-refractivity contribution >= 4 is 0 Å². The molecule has 1 aromatic rings. The number of hydrogen-bond donors (Lipinski definition) is 3. The van der Waals surface area contributed by atoms with E-state index in [-0.39, 0.29) is 23.6 Å². The van der Waals surface area contributed by atoms with E-state index in [2.05, 4.69) is 0 Å². The summed E-state index contributed by atoms with van der Waals surface area (Å²) in [4.78, 5) is 0. The van der Waals surface area contributed by atoms with E-state index in [1.54, 1.807) is 0 Å². The highest BCUT2D eigenvalue weighted by Crippen LogP contribution is 2.33. The van der Waals surface area contributed by atoms with Crippen LogP contribution in [0, 0.1) is 5.82 Å². The Morgan fingerprint density at radius 2 is 1.76 bits per heavy atom.